The van der Waals surface area contributed by atoms with Crippen molar-refractivity contribution in [3.63, 3.8) is 0 Å². The van der Waals surface area contributed by atoms with Gasteiger partial charge in [-0.05, 0) is 33.3 Å². The second-order valence-electron chi connectivity index (χ2n) is 5.03. The molecule has 0 N–H and O–H groups in total. The van der Waals surface area contributed by atoms with Gasteiger partial charge in [0, 0.05) is 5.56 Å². The van der Waals surface area contributed by atoms with E-state index in [1.165, 1.54) is 0 Å². The summed E-state index contributed by atoms with van der Waals surface area (Å²) in [6.45, 7) is 5.57. The Hall–Kier alpha value is -0.870. The summed E-state index contributed by atoms with van der Waals surface area (Å²) < 4.78 is 6.65. The number of benzene rings is 1. The monoisotopic (exact) mass is 296 g/mol. The Kier molecular flexibility index (Phi) is 6.01. The molecule has 0 aromatic heterocycles. The summed E-state index contributed by atoms with van der Waals surface area (Å²) >= 11 is 3.18. The highest BCUT2D eigenvalue weighted by atomic mass is 32.2. The van der Waals surface area contributed by atoms with E-state index in [0.717, 1.165) is 9.80 Å². The van der Waals surface area contributed by atoms with Gasteiger partial charge in [-0.2, -0.15) is 0 Å². The SMILES string of the molecule is CSC(SC)=C(OC(=O)C(C)(C)C)c1ccccc1. The number of carbonyl (C=O) groups is 1. The lowest BCUT2D eigenvalue weighted by molar-refractivity contribution is -0.145. The molecule has 0 aliphatic heterocycles. The molecule has 0 amide bonds. The normalized spacial score (nSPS) is 11.0. The van der Waals surface area contributed by atoms with Crippen LogP contribution in [0, 0.1) is 5.41 Å². The standard InChI is InChI=1S/C15H20O2S2/c1-15(2,3)14(16)17-12(13(18-4)19-5)11-9-7-6-8-10-11/h6-10H,1-5H3. The fourth-order valence-corrected chi connectivity index (χ4v) is 2.68. The van der Waals surface area contributed by atoms with Crippen molar-refractivity contribution >= 4 is 35.3 Å². The van der Waals surface area contributed by atoms with Crippen molar-refractivity contribution in [3.8, 4) is 0 Å². The van der Waals surface area contributed by atoms with E-state index in [9.17, 15) is 4.79 Å². The first-order valence-electron chi connectivity index (χ1n) is 6.00. The fraction of sp³-hybridized carbons (Fsp3) is 0.400. The molecule has 0 heterocycles. The van der Waals surface area contributed by atoms with Gasteiger partial charge in [-0.25, -0.2) is 0 Å². The average Bonchev–Trinajstić information content (AvgIpc) is 2.38. The Labute approximate surface area is 124 Å². The van der Waals surface area contributed by atoms with Crippen molar-refractivity contribution < 1.29 is 9.53 Å². The number of esters is 1. The van der Waals surface area contributed by atoms with Crippen molar-refractivity contribution in [2.24, 2.45) is 5.41 Å². The molecule has 0 unspecified atom stereocenters. The van der Waals surface area contributed by atoms with E-state index < -0.39 is 5.41 Å². The quantitative estimate of drug-likeness (QED) is 0.598. The molecule has 0 aliphatic rings. The molecule has 0 bridgehead atoms. The molecule has 4 heteroatoms. The van der Waals surface area contributed by atoms with E-state index in [4.69, 9.17) is 4.74 Å². The molecule has 19 heavy (non-hydrogen) atoms. The molecule has 2 nitrogen and oxygen atoms in total. The third-order valence-electron chi connectivity index (χ3n) is 2.40. The Morgan fingerprint density at radius 1 is 1.05 bits per heavy atom. The highest BCUT2D eigenvalue weighted by molar-refractivity contribution is 8.21. The van der Waals surface area contributed by atoms with Crippen molar-refractivity contribution in [2.45, 2.75) is 20.8 Å². The van der Waals surface area contributed by atoms with E-state index in [1.54, 1.807) is 23.5 Å². The van der Waals surface area contributed by atoms with Gasteiger partial charge < -0.3 is 4.74 Å². The minimum Gasteiger partial charge on any atom is -0.424 e. The number of carbonyl (C=O) groups excluding carboxylic acids is 1. The van der Waals surface area contributed by atoms with Crippen LogP contribution in [-0.2, 0) is 9.53 Å². The van der Waals surface area contributed by atoms with Crippen LogP contribution < -0.4 is 0 Å². The molecule has 104 valence electrons. The minimum absolute atomic E-state index is 0.216. The first-order chi connectivity index (χ1) is 8.90. The summed E-state index contributed by atoms with van der Waals surface area (Å²) in [6, 6.07) is 9.75. The van der Waals surface area contributed by atoms with Crippen LogP contribution in [0.3, 0.4) is 0 Å². The van der Waals surface area contributed by atoms with E-state index in [-0.39, 0.29) is 5.97 Å². The smallest absolute Gasteiger partial charge is 0.316 e. The van der Waals surface area contributed by atoms with Crippen LogP contribution in [0.15, 0.2) is 34.6 Å². The molecule has 0 saturated carbocycles. The van der Waals surface area contributed by atoms with E-state index in [1.807, 2.05) is 63.6 Å². The van der Waals surface area contributed by atoms with Gasteiger partial charge in [-0.1, -0.05) is 30.3 Å². The zero-order valence-electron chi connectivity index (χ0n) is 12.0. The maximum atomic E-state index is 12.1. The fourth-order valence-electron chi connectivity index (χ4n) is 1.32. The number of ether oxygens (including phenoxy) is 1. The minimum atomic E-state index is -0.512. The lowest BCUT2D eigenvalue weighted by atomic mass is 9.97. The van der Waals surface area contributed by atoms with Gasteiger partial charge in [-0.3, -0.25) is 4.79 Å². The summed E-state index contributed by atoms with van der Waals surface area (Å²) in [5.41, 5.74) is 0.417. The lowest BCUT2D eigenvalue weighted by Crippen LogP contribution is -2.22. The number of rotatable bonds is 4. The van der Waals surface area contributed by atoms with Crippen molar-refractivity contribution in [3.05, 3.63) is 40.1 Å². The Balaban J connectivity index is 3.16. The van der Waals surface area contributed by atoms with Gasteiger partial charge >= 0.3 is 5.97 Å². The summed E-state index contributed by atoms with van der Waals surface area (Å²) in [5.74, 6) is 0.437. The molecule has 0 aliphatic carbocycles. The molecule has 0 fully saturated rings. The molecule has 0 atom stereocenters. The summed E-state index contributed by atoms with van der Waals surface area (Å²) in [5, 5.41) is 0. The first kappa shape index (κ1) is 16.2. The van der Waals surface area contributed by atoms with Crippen LogP contribution in [0.25, 0.3) is 5.76 Å². The molecule has 1 aromatic carbocycles. The highest BCUT2D eigenvalue weighted by Crippen LogP contribution is 2.35. The van der Waals surface area contributed by atoms with Gasteiger partial charge in [0.05, 0.1) is 9.65 Å². The zero-order chi connectivity index (χ0) is 14.5. The lowest BCUT2D eigenvalue weighted by Gasteiger charge is -2.19. The predicted molar refractivity (Wildman–Crippen MR) is 85.9 cm³/mol. The molecular weight excluding hydrogens is 276 g/mol. The van der Waals surface area contributed by atoms with Gasteiger partial charge in [0.2, 0.25) is 0 Å². The van der Waals surface area contributed by atoms with Crippen LogP contribution in [0.2, 0.25) is 0 Å². The molecule has 0 radical (unpaired) electrons. The second-order valence-corrected chi connectivity index (χ2v) is 6.92. The molecule has 0 spiro atoms. The predicted octanol–water partition coefficient (Wildman–Crippen LogP) is 4.63. The van der Waals surface area contributed by atoms with Crippen LogP contribution in [0.4, 0.5) is 0 Å². The Morgan fingerprint density at radius 2 is 1.58 bits per heavy atom. The maximum absolute atomic E-state index is 12.1. The van der Waals surface area contributed by atoms with Crippen molar-refractivity contribution in [1.29, 1.82) is 0 Å². The van der Waals surface area contributed by atoms with Gasteiger partial charge in [0.25, 0.3) is 0 Å². The second kappa shape index (κ2) is 7.06. The maximum Gasteiger partial charge on any atom is 0.316 e. The summed E-state index contributed by atoms with van der Waals surface area (Å²) in [6.07, 6.45) is 3.97. The van der Waals surface area contributed by atoms with E-state index in [2.05, 4.69) is 0 Å². The third-order valence-corrected chi connectivity index (χ3v) is 4.51. The van der Waals surface area contributed by atoms with Gasteiger partial charge in [-0.15, -0.1) is 23.5 Å². The van der Waals surface area contributed by atoms with Crippen LogP contribution >= 0.6 is 23.5 Å². The number of thioether (sulfide) groups is 2. The molecular formula is C15H20O2S2. The topological polar surface area (TPSA) is 26.3 Å². The summed E-state index contributed by atoms with van der Waals surface area (Å²) in [7, 11) is 0. The largest absolute Gasteiger partial charge is 0.424 e. The molecule has 0 saturated heterocycles. The molecule has 1 aromatic rings. The summed E-state index contributed by atoms with van der Waals surface area (Å²) in [4.78, 5) is 12.1. The van der Waals surface area contributed by atoms with Crippen LogP contribution in [0.5, 0.6) is 0 Å². The third kappa shape index (κ3) is 4.62. The van der Waals surface area contributed by atoms with Crippen molar-refractivity contribution in [2.75, 3.05) is 12.5 Å². The number of hydrogen-bond acceptors (Lipinski definition) is 4. The molecule has 1 rings (SSSR count). The van der Waals surface area contributed by atoms with Gasteiger partial charge in [0.15, 0.2) is 5.76 Å². The first-order valence-corrected chi connectivity index (χ1v) is 8.45. The Morgan fingerprint density at radius 3 is 2.00 bits per heavy atom. The zero-order valence-corrected chi connectivity index (χ0v) is 13.7. The van der Waals surface area contributed by atoms with Gasteiger partial charge in [0.1, 0.15) is 0 Å². The van der Waals surface area contributed by atoms with Crippen LogP contribution in [0.1, 0.15) is 26.3 Å². The van der Waals surface area contributed by atoms with Crippen LogP contribution in [-0.4, -0.2) is 18.5 Å². The Bertz CT molecular complexity index is 453. The highest BCUT2D eigenvalue weighted by Gasteiger charge is 2.26. The van der Waals surface area contributed by atoms with Crippen molar-refractivity contribution in [1.82, 2.24) is 0 Å². The van der Waals surface area contributed by atoms with E-state index in [0.29, 0.717) is 5.76 Å². The van der Waals surface area contributed by atoms with E-state index >= 15 is 0 Å². The average molecular weight is 296 g/mol. The number of hydrogen-bond donors (Lipinski definition) is 0.